The molecule has 234 valence electrons. The highest BCUT2D eigenvalue weighted by Crippen LogP contribution is 2.41. The zero-order chi connectivity index (χ0) is 30.2. The van der Waals surface area contributed by atoms with E-state index < -0.39 is 0 Å². The minimum atomic E-state index is -0.0445. The van der Waals surface area contributed by atoms with Crippen LogP contribution in [0.25, 0.3) is 16.5 Å². The maximum Gasteiger partial charge on any atom is 0.230 e. The number of carbonyl (C=O) groups excluding carboxylic acids is 1. The van der Waals surface area contributed by atoms with Crippen LogP contribution in [0.2, 0.25) is 0 Å². The van der Waals surface area contributed by atoms with E-state index in [1.807, 2.05) is 11.0 Å². The maximum absolute atomic E-state index is 12.9. The predicted octanol–water partition coefficient (Wildman–Crippen LogP) is 9.95. The highest BCUT2D eigenvalue weighted by molar-refractivity contribution is 5.99. The van der Waals surface area contributed by atoms with Crippen LogP contribution in [0.3, 0.4) is 0 Å². The summed E-state index contributed by atoms with van der Waals surface area (Å²) in [4.78, 5) is 20.6. The molecular formula is C38H61N3O. The lowest BCUT2D eigenvalue weighted by molar-refractivity contribution is -0.134. The zero-order valence-corrected chi connectivity index (χ0v) is 27.6. The van der Waals surface area contributed by atoms with E-state index >= 15 is 0 Å². The van der Waals surface area contributed by atoms with Gasteiger partial charge in [0, 0.05) is 42.8 Å². The molecule has 1 amide bonds. The van der Waals surface area contributed by atoms with Crippen molar-refractivity contribution in [3.8, 4) is 0 Å². The van der Waals surface area contributed by atoms with Gasteiger partial charge >= 0.3 is 0 Å². The zero-order valence-electron chi connectivity index (χ0n) is 27.6. The first kappa shape index (κ1) is 34.2. The second-order valence-electron chi connectivity index (χ2n) is 12.6. The summed E-state index contributed by atoms with van der Waals surface area (Å²) in [5, 5.41) is 1.34. The van der Waals surface area contributed by atoms with Crippen molar-refractivity contribution in [3.05, 3.63) is 54.3 Å². The number of unbranched alkanes of at least 4 members (excludes halogenated alkanes) is 14. The molecule has 1 aromatic heterocycles. The van der Waals surface area contributed by atoms with Gasteiger partial charge in [0.15, 0.2) is 0 Å². The Bertz CT molecular complexity index is 1090. The molecule has 42 heavy (non-hydrogen) atoms. The van der Waals surface area contributed by atoms with Crippen LogP contribution in [-0.4, -0.2) is 53.4 Å². The lowest BCUT2D eigenvalue weighted by Crippen LogP contribution is -2.47. The Morgan fingerprint density at radius 3 is 2.10 bits per heavy atom. The molecule has 0 unspecified atom stereocenters. The highest BCUT2D eigenvalue weighted by Gasteiger charge is 2.36. The van der Waals surface area contributed by atoms with E-state index in [0.717, 1.165) is 26.1 Å². The van der Waals surface area contributed by atoms with Crippen LogP contribution in [0.5, 0.6) is 0 Å². The van der Waals surface area contributed by atoms with Gasteiger partial charge in [0.1, 0.15) is 0 Å². The first-order valence-electron chi connectivity index (χ1n) is 17.5. The monoisotopic (exact) mass is 575 g/mol. The number of amides is 1. The van der Waals surface area contributed by atoms with Crippen molar-refractivity contribution in [1.29, 1.82) is 0 Å². The summed E-state index contributed by atoms with van der Waals surface area (Å²) in [6.07, 6.45) is 28.9. The van der Waals surface area contributed by atoms with Gasteiger partial charge < -0.3 is 9.88 Å². The van der Waals surface area contributed by atoms with Crippen LogP contribution in [0.15, 0.2) is 43.1 Å². The molecule has 4 rings (SSSR count). The summed E-state index contributed by atoms with van der Waals surface area (Å²) >= 11 is 0. The molecular weight excluding hydrogens is 514 g/mol. The molecule has 1 N–H and O–H groups in total. The Balaban J connectivity index is 0.000000243. The lowest BCUT2D eigenvalue weighted by atomic mass is 9.79. The van der Waals surface area contributed by atoms with Gasteiger partial charge in [-0.15, -0.1) is 6.58 Å². The molecule has 1 aliphatic carbocycles. The number of likely N-dealkylation sites (N-methyl/N-ethyl adjacent to an activating group) is 1. The molecule has 2 atom stereocenters. The molecule has 2 aromatic rings. The van der Waals surface area contributed by atoms with E-state index in [9.17, 15) is 4.79 Å². The van der Waals surface area contributed by atoms with Crippen molar-refractivity contribution in [2.24, 2.45) is 5.92 Å². The standard InChI is InChI=1S/C20H25N3O.C18H36/c1-4-23(5-2)20(24)14-9-16-15-7-6-8-17-19(15)13(11-21-17)10-18(16)22(3)12-14;1-3-5-7-9-11-13-15-17-18-16-14-12-10-8-6-4-2/h6-9,11,14,18,21H,4-5,10,12H2,1-3H3;3H,1,4-18H2,2H3/t14-,18-;/m1./s1. The number of benzene rings is 1. The van der Waals surface area contributed by atoms with Crippen molar-refractivity contribution < 1.29 is 4.79 Å². The van der Waals surface area contributed by atoms with Gasteiger partial charge in [-0.05, 0) is 62.9 Å². The summed E-state index contributed by atoms with van der Waals surface area (Å²) in [7, 11) is 2.15. The second kappa shape index (κ2) is 19.1. The van der Waals surface area contributed by atoms with Crippen molar-refractivity contribution in [3.63, 3.8) is 0 Å². The molecule has 2 aliphatic rings. The summed E-state index contributed by atoms with van der Waals surface area (Å²) < 4.78 is 0. The van der Waals surface area contributed by atoms with Crippen LogP contribution in [0.1, 0.15) is 128 Å². The summed E-state index contributed by atoms with van der Waals surface area (Å²) in [5.41, 5.74) is 5.21. The Morgan fingerprint density at radius 2 is 1.52 bits per heavy atom. The molecule has 0 bridgehead atoms. The molecule has 4 heteroatoms. The fourth-order valence-electron chi connectivity index (χ4n) is 6.86. The highest BCUT2D eigenvalue weighted by atomic mass is 16.2. The van der Waals surface area contributed by atoms with Crippen LogP contribution in [-0.2, 0) is 11.2 Å². The number of fused-ring (bicyclic) bond motifs is 2. The Hall–Kier alpha value is -2.33. The first-order chi connectivity index (χ1) is 20.5. The molecule has 2 heterocycles. The molecule has 1 aromatic carbocycles. The van der Waals surface area contributed by atoms with Gasteiger partial charge in [0.05, 0.1) is 5.92 Å². The van der Waals surface area contributed by atoms with Crippen molar-refractivity contribution in [2.45, 2.75) is 130 Å². The van der Waals surface area contributed by atoms with Crippen LogP contribution in [0, 0.1) is 5.92 Å². The van der Waals surface area contributed by atoms with Crippen molar-refractivity contribution >= 4 is 22.4 Å². The van der Waals surface area contributed by atoms with Crippen LogP contribution >= 0.6 is 0 Å². The molecule has 0 fully saturated rings. The molecule has 1 aliphatic heterocycles. The summed E-state index contributed by atoms with van der Waals surface area (Å²) in [5.74, 6) is 0.210. The third-order valence-electron chi connectivity index (χ3n) is 9.42. The number of rotatable bonds is 18. The van der Waals surface area contributed by atoms with Crippen molar-refractivity contribution in [2.75, 3.05) is 26.7 Å². The van der Waals surface area contributed by atoms with Gasteiger partial charge in [-0.25, -0.2) is 0 Å². The fraction of sp³-hybridized carbons (Fsp3) is 0.658. The maximum atomic E-state index is 12.9. The van der Waals surface area contributed by atoms with E-state index in [1.54, 1.807) is 0 Å². The molecule has 0 saturated carbocycles. The third kappa shape index (κ3) is 9.86. The Morgan fingerprint density at radius 1 is 0.929 bits per heavy atom. The number of aromatic amines is 1. The van der Waals surface area contributed by atoms with Crippen molar-refractivity contribution in [1.82, 2.24) is 14.8 Å². The van der Waals surface area contributed by atoms with E-state index in [4.69, 9.17) is 0 Å². The number of allylic oxidation sites excluding steroid dienone is 1. The molecule has 4 nitrogen and oxygen atoms in total. The first-order valence-corrected chi connectivity index (χ1v) is 17.5. The minimum Gasteiger partial charge on any atom is -0.361 e. The lowest BCUT2D eigenvalue weighted by Gasteiger charge is -2.40. The van der Waals surface area contributed by atoms with E-state index in [2.05, 4.69) is 74.8 Å². The number of nitrogens with one attached hydrogen (secondary N) is 1. The van der Waals surface area contributed by atoms with Crippen LogP contribution in [0.4, 0.5) is 0 Å². The molecule has 0 radical (unpaired) electrons. The van der Waals surface area contributed by atoms with Gasteiger partial charge in [-0.2, -0.15) is 0 Å². The normalized spacial score (nSPS) is 17.8. The van der Waals surface area contributed by atoms with E-state index in [0.29, 0.717) is 6.04 Å². The molecule has 0 spiro atoms. The fourth-order valence-corrected chi connectivity index (χ4v) is 6.86. The number of H-pyrrole nitrogens is 1. The van der Waals surface area contributed by atoms with E-state index in [-0.39, 0.29) is 11.8 Å². The smallest absolute Gasteiger partial charge is 0.230 e. The van der Waals surface area contributed by atoms with Gasteiger partial charge in [-0.3, -0.25) is 9.69 Å². The third-order valence-corrected chi connectivity index (χ3v) is 9.42. The predicted molar refractivity (Wildman–Crippen MR) is 183 cm³/mol. The van der Waals surface area contributed by atoms with Gasteiger partial charge in [0.25, 0.3) is 0 Å². The quantitative estimate of drug-likeness (QED) is 0.142. The summed E-state index contributed by atoms with van der Waals surface area (Å²) in [6, 6.07) is 6.82. The number of hydrogen-bond donors (Lipinski definition) is 1. The Kier molecular flexibility index (Phi) is 15.5. The summed E-state index contributed by atoms with van der Waals surface area (Å²) in [6.45, 7) is 12.5. The average Bonchev–Trinajstić information content (AvgIpc) is 3.43. The largest absolute Gasteiger partial charge is 0.361 e. The Labute approximate surface area is 258 Å². The van der Waals surface area contributed by atoms with E-state index in [1.165, 1.54) is 124 Å². The number of nitrogens with zero attached hydrogens (tertiary/aromatic N) is 2. The SMILES string of the molecule is C=CCCCCCCCCCCCCCCCC.CCN(CC)C(=O)[C@@H]1C=C2c3cccc4[nH]cc(c34)C[C@H]2N(C)C1. The second-order valence-corrected chi connectivity index (χ2v) is 12.6. The van der Waals surface area contributed by atoms with Gasteiger partial charge in [-0.1, -0.05) is 115 Å². The topological polar surface area (TPSA) is 39.3 Å². The number of aromatic nitrogens is 1. The van der Waals surface area contributed by atoms with Crippen LogP contribution < -0.4 is 0 Å². The number of hydrogen-bond acceptors (Lipinski definition) is 2. The van der Waals surface area contributed by atoms with Gasteiger partial charge in [0.2, 0.25) is 5.91 Å². The average molecular weight is 576 g/mol. The minimum absolute atomic E-state index is 0.0445. The number of carbonyl (C=O) groups is 1. The molecule has 0 saturated heterocycles.